The van der Waals surface area contributed by atoms with Crippen LogP contribution < -0.4 is 11.5 Å². The summed E-state index contributed by atoms with van der Waals surface area (Å²) in [4.78, 5) is 7.99. The smallest absolute Gasteiger partial charge is 0.222 e. The molecule has 0 unspecified atom stereocenters. The van der Waals surface area contributed by atoms with Gasteiger partial charge < -0.3 is 11.5 Å². The number of nitrogen functional groups attached to an aromatic ring is 2. The van der Waals surface area contributed by atoms with E-state index >= 15 is 0 Å². The number of hydrogen-bond acceptors (Lipinski definition) is 4. The second-order valence-corrected chi connectivity index (χ2v) is 4.31. The molecule has 0 spiro atoms. The molecule has 0 amide bonds. The number of anilines is 2. The number of aryl methyl sites for hydroxylation is 1. The van der Waals surface area contributed by atoms with Gasteiger partial charge in [0.05, 0.1) is 15.7 Å². The summed E-state index contributed by atoms with van der Waals surface area (Å²) >= 11 is 12.1. The predicted octanol–water partition coefficient (Wildman–Crippen LogP) is 2.92. The summed E-state index contributed by atoms with van der Waals surface area (Å²) in [6, 6.07) is 5.31. The van der Waals surface area contributed by atoms with Crippen molar-refractivity contribution in [1.29, 1.82) is 0 Å². The van der Waals surface area contributed by atoms with E-state index in [0.717, 1.165) is 0 Å². The van der Waals surface area contributed by atoms with Crippen LogP contribution in [0.3, 0.4) is 0 Å². The molecule has 4 N–H and O–H groups in total. The van der Waals surface area contributed by atoms with Crippen molar-refractivity contribution < 1.29 is 0 Å². The average Bonchev–Trinajstić information content (AvgIpc) is 2.23. The van der Waals surface area contributed by atoms with Gasteiger partial charge in [-0.2, -0.15) is 4.98 Å². The Morgan fingerprint density at radius 1 is 1.12 bits per heavy atom. The van der Waals surface area contributed by atoms with Gasteiger partial charge in [0.2, 0.25) is 5.95 Å². The maximum Gasteiger partial charge on any atom is 0.222 e. The molecule has 0 radical (unpaired) electrons. The van der Waals surface area contributed by atoms with Gasteiger partial charge in [0.25, 0.3) is 0 Å². The van der Waals surface area contributed by atoms with Crippen LogP contribution in [0.25, 0.3) is 11.1 Å². The molecule has 2 aromatic rings. The van der Waals surface area contributed by atoms with Crippen LogP contribution in [0.15, 0.2) is 18.2 Å². The minimum Gasteiger partial charge on any atom is -0.383 e. The van der Waals surface area contributed by atoms with Crippen LogP contribution in [0, 0.1) is 6.92 Å². The van der Waals surface area contributed by atoms with Crippen molar-refractivity contribution in [3.8, 4) is 11.1 Å². The van der Waals surface area contributed by atoms with Crippen LogP contribution in [0.2, 0.25) is 10.0 Å². The Bertz CT molecular complexity index is 561. The molecule has 4 nitrogen and oxygen atoms in total. The SMILES string of the molecule is Cc1nc(N)nc(N)c1-c1cccc(Cl)c1Cl. The lowest BCUT2D eigenvalue weighted by Crippen LogP contribution is -2.04. The first-order valence-corrected chi connectivity index (χ1v) is 5.60. The van der Waals surface area contributed by atoms with Crippen LogP contribution in [-0.4, -0.2) is 9.97 Å². The summed E-state index contributed by atoms with van der Waals surface area (Å²) in [7, 11) is 0. The van der Waals surface area contributed by atoms with Gasteiger partial charge in [-0.25, -0.2) is 4.98 Å². The molecule has 1 aromatic heterocycles. The summed E-state index contributed by atoms with van der Waals surface area (Å²) in [5.41, 5.74) is 13.4. The molecule has 0 fully saturated rings. The van der Waals surface area contributed by atoms with E-state index in [1.165, 1.54) is 0 Å². The standard InChI is InChI=1S/C11H10Cl2N4/c1-5-8(10(14)17-11(15)16-5)6-3-2-4-7(12)9(6)13/h2-4H,1H3,(H4,14,15,16,17). The monoisotopic (exact) mass is 268 g/mol. The van der Waals surface area contributed by atoms with Crippen molar-refractivity contribution in [2.45, 2.75) is 6.92 Å². The number of benzene rings is 1. The van der Waals surface area contributed by atoms with Crippen molar-refractivity contribution in [3.05, 3.63) is 33.9 Å². The largest absolute Gasteiger partial charge is 0.383 e. The Balaban J connectivity index is 2.73. The van der Waals surface area contributed by atoms with Crippen molar-refractivity contribution in [2.75, 3.05) is 11.5 Å². The van der Waals surface area contributed by atoms with Gasteiger partial charge in [-0.3, -0.25) is 0 Å². The highest BCUT2D eigenvalue weighted by Gasteiger charge is 2.14. The lowest BCUT2D eigenvalue weighted by atomic mass is 10.1. The summed E-state index contributed by atoms with van der Waals surface area (Å²) in [5, 5.41) is 0.886. The lowest BCUT2D eigenvalue weighted by molar-refractivity contribution is 1.13. The predicted molar refractivity (Wildman–Crippen MR) is 71.0 cm³/mol. The van der Waals surface area contributed by atoms with E-state index in [4.69, 9.17) is 34.7 Å². The van der Waals surface area contributed by atoms with Crippen LogP contribution in [0.1, 0.15) is 5.69 Å². The van der Waals surface area contributed by atoms with Crippen molar-refractivity contribution >= 4 is 35.0 Å². The van der Waals surface area contributed by atoms with Crippen LogP contribution in [0.5, 0.6) is 0 Å². The minimum atomic E-state index is 0.141. The maximum absolute atomic E-state index is 6.14. The molecule has 0 atom stereocenters. The van der Waals surface area contributed by atoms with E-state index < -0.39 is 0 Å². The molecular weight excluding hydrogens is 259 g/mol. The third-order valence-corrected chi connectivity index (χ3v) is 3.18. The Labute approximate surface area is 109 Å². The van der Waals surface area contributed by atoms with Gasteiger partial charge in [0, 0.05) is 11.1 Å². The summed E-state index contributed by atoms with van der Waals surface area (Å²) in [6.07, 6.45) is 0. The van der Waals surface area contributed by atoms with Crippen molar-refractivity contribution in [2.24, 2.45) is 0 Å². The normalized spacial score (nSPS) is 10.5. The summed E-state index contributed by atoms with van der Waals surface area (Å²) < 4.78 is 0. The van der Waals surface area contributed by atoms with E-state index in [1.807, 2.05) is 6.07 Å². The zero-order valence-corrected chi connectivity index (χ0v) is 10.5. The highest BCUT2D eigenvalue weighted by Crippen LogP contribution is 2.37. The van der Waals surface area contributed by atoms with Crippen LogP contribution >= 0.6 is 23.2 Å². The fraction of sp³-hybridized carbons (Fsp3) is 0.0909. The molecule has 0 bridgehead atoms. The Morgan fingerprint density at radius 3 is 2.47 bits per heavy atom. The zero-order chi connectivity index (χ0) is 12.6. The molecule has 0 aliphatic rings. The van der Waals surface area contributed by atoms with E-state index in [9.17, 15) is 0 Å². The number of nitrogens with two attached hydrogens (primary N) is 2. The molecule has 17 heavy (non-hydrogen) atoms. The fourth-order valence-corrected chi connectivity index (χ4v) is 2.04. The second kappa shape index (κ2) is 4.39. The van der Waals surface area contributed by atoms with E-state index in [0.29, 0.717) is 32.7 Å². The molecule has 1 heterocycles. The Morgan fingerprint density at radius 2 is 1.82 bits per heavy atom. The van der Waals surface area contributed by atoms with Gasteiger partial charge >= 0.3 is 0 Å². The van der Waals surface area contributed by atoms with Gasteiger partial charge in [0.1, 0.15) is 5.82 Å². The molecule has 2 rings (SSSR count). The molecule has 0 aliphatic heterocycles. The maximum atomic E-state index is 6.14. The average molecular weight is 269 g/mol. The number of aromatic nitrogens is 2. The number of nitrogens with zero attached hydrogens (tertiary/aromatic N) is 2. The molecule has 88 valence electrons. The van der Waals surface area contributed by atoms with E-state index in [-0.39, 0.29) is 5.95 Å². The highest BCUT2D eigenvalue weighted by atomic mass is 35.5. The molecule has 1 aromatic carbocycles. The summed E-state index contributed by atoms with van der Waals surface area (Å²) in [5.74, 6) is 0.432. The van der Waals surface area contributed by atoms with E-state index in [2.05, 4.69) is 9.97 Å². The number of halogens is 2. The number of rotatable bonds is 1. The first-order valence-electron chi connectivity index (χ1n) is 4.84. The topological polar surface area (TPSA) is 77.8 Å². The summed E-state index contributed by atoms with van der Waals surface area (Å²) in [6.45, 7) is 1.79. The van der Waals surface area contributed by atoms with Crippen molar-refractivity contribution in [3.63, 3.8) is 0 Å². The first-order chi connectivity index (χ1) is 8.00. The van der Waals surface area contributed by atoms with Gasteiger partial charge in [-0.15, -0.1) is 0 Å². The third kappa shape index (κ3) is 2.14. The Kier molecular flexibility index (Phi) is 3.09. The quantitative estimate of drug-likeness (QED) is 0.834. The third-order valence-electron chi connectivity index (χ3n) is 2.36. The Hall–Kier alpha value is -1.52. The number of hydrogen-bond donors (Lipinski definition) is 2. The molecule has 0 saturated heterocycles. The fourth-order valence-electron chi connectivity index (χ4n) is 1.65. The zero-order valence-electron chi connectivity index (χ0n) is 9.04. The second-order valence-electron chi connectivity index (χ2n) is 3.53. The lowest BCUT2D eigenvalue weighted by Gasteiger charge is -2.11. The van der Waals surface area contributed by atoms with E-state index in [1.54, 1.807) is 19.1 Å². The van der Waals surface area contributed by atoms with Crippen LogP contribution in [-0.2, 0) is 0 Å². The minimum absolute atomic E-state index is 0.141. The highest BCUT2D eigenvalue weighted by molar-refractivity contribution is 6.43. The van der Waals surface area contributed by atoms with Crippen LogP contribution in [0.4, 0.5) is 11.8 Å². The molecular formula is C11H10Cl2N4. The molecule has 0 saturated carbocycles. The van der Waals surface area contributed by atoms with Gasteiger partial charge in [-0.1, -0.05) is 35.3 Å². The first kappa shape index (κ1) is 12.0. The molecule has 6 heteroatoms. The molecule has 0 aliphatic carbocycles. The van der Waals surface area contributed by atoms with Gasteiger partial charge in [-0.05, 0) is 13.0 Å². The van der Waals surface area contributed by atoms with Crippen molar-refractivity contribution in [1.82, 2.24) is 9.97 Å². The van der Waals surface area contributed by atoms with Gasteiger partial charge in [0.15, 0.2) is 0 Å².